The van der Waals surface area contributed by atoms with Gasteiger partial charge >= 0.3 is 0 Å². The van der Waals surface area contributed by atoms with Gasteiger partial charge in [-0.15, -0.1) is 0 Å². The topological polar surface area (TPSA) is 32.7 Å². The van der Waals surface area contributed by atoms with Crippen LogP contribution in [0.2, 0.25) is 5.02 Å². The van der Waals surface area contributed by atoms with E-state index in [1.165, 1.54) is 0 Å². The Labute approximate surface area is 108 Å². The number of aliphatic hydroxyl groups is 1. The molecule has 0 radical (unpaired) electrons. The van der Waals surface area contributed by atoms with Gasteiger partial charge in [-0.05, 0) is 31.3 Å². The number of hydrogen-bond donors (Lipinski definition) is 1. The van der Waals surface area contributed by atoms with E-state index >= 15 is 0 Å². The zero-order chi connectivity index (χ0) is 12.8. The first-order valence-corrected chi connectivity index (χ1v) is 6.24. The molecule has 17 heavy (non-hydrogen) atoms. The lowest BCUT2D eigenvalue weighted by Crippen LogP contribution is -2.28. The number of nitrogens with zero attached hydrogens (tertiary/aromatic N) is 1. The number of likely N-dealkylation sites (N-methyl/N-ethyl adjacent to an activating group) is 1. The molecular formula is C13H20ClNO2. The molecule has 0 fully saturated rings. The number of rotatable bonds is 6. The largest absolute Gasteiger partial charge is 0.496 e. The maximum atomic E-state index is 10.2. The Balaban J connectivity index is 2.86. The van der Waals surface area contributed by atoms with Crippen LogP contribution < -0.4 is 4.74 Å². The molecule has 0 aromatic heterocycles. The Morgan fingerprint density at radius 1 is 1.35 bits per heavy atom. The third-order valence-corrected chi connectivity index (χ3v) is 3.11. The summed E-state index contributed by atoms with van der Waals surface area (Å²) in [4.78, 5) is 2.16. The summed E-state index contributed by atoms with van der Waals surface area (Å²) in [5, 5.41) is 10.8. The normalized spacial score (nSPS) is 12.8. The fourth-order valence-corrected chi connectivity index (χ4v) is 1.97. The minimum atomic E-state index is -0.580. The van der Waals surface area contributed by atoms with Gasteiger partial charge in [-0.1, -0.05) is 25.4 Å². The quantitative estimate of drug-likeness (QED) is 0.851. The molecule has 0 aliphatic heterocycles. The fraction of sp³-hybridized carbons (Fsp3) is 0.538. The van der Waals surface area contributed by atoms with Gasteiger partial charge in [-0.2, -0.15) is 0 Å². The molecule has 1 aromatic carbocycles. The first kappa shape index (κ1) is 14.3. The summed E-state index contributed by atoms with van der Waals surface area (Å²) in [5.74, 6) is 0.675. The maximum absolute atomic E-state index is 10.2. The molecule has 0 aliphatic rings. The Morgan fingerprint density at radius 3 is 2.53 bits per heavy atom. The van der Waals surface area contributed by atoms with Gasteiger partial charge in [0, 0.05) is 17.1 Å². The highest BCUT2D eigenvalue weighted by molar-refractivity contribution is 6.30. The third-order valence-electron chi connectivity index (χ3n) is 2.88. The average molecular weight is 258 g/mol. The first-order chi connectivity index (χ1) is 8.12. The summed E-state index contributed by atoms with van der Waals surface area (Å²) in [7, 11) is 1.59. The van der Waals surface area contributed by atoms with Crippen LogP contribution in [0.4, 0.5) is 0 Å². The Morgan fingerprint density at radius 2 is 2.00 bits per heavy atom. The van der Waals surface area contributed by atoms with Crippen molar-refractivity contribution in [3.05, 3.63) is 28.8 Å². The van der Waals surface area contributed by atoms with Crippen LogP contribution in [0.1, 0.15) is 25.5 Å². The van der Waals surface area contributed by atoms with Crippen LogP contribution in [0, 0.1) is 0 Å². The van der Waals surface area contributed by atoms with Crippen LogP contribution >= 0.6 is 11.6 Å². The summed E-state index contributed by atoms with van der Waals surface area (Å²) < 4.78 is 5.23. The van der Waals surface area contributed by atoms with E-state index in [4.69, 9.17) is 16.3 Å². The van der Waals surface area contributed by atoms with Gasteiger partial charge in [-0.25, -0.2) is 0 Å². The van der Waals surface area contributed by atoms with Gasteiger partial charge in [0.25, 0.3) is 0 Å². The van der Waals surface area contributed by atoms with Crippen LogP contribution in [-0.2, 0) is 0 Å². The van der Waals surface area contributed by atoms with E-state index in [2.05, 4.69) is 18.7 Å². The second-order valence-electron chi connectivity index (χ2n) is 3.89. The highest BCUT2D eigenvalue weighted by Gasteiger charge is 2.16. The van der Waals surface area contributed by atoms with Crippen LogP contribution in [0.15, 0.2) is 18.2 Å². The van der Waals surface area contributed by atoms with E-state index in [1.807, 2.05) is 0 Å². The zero-order valence-electron chi connectivity index (χ0n) is 10.6. The molecule has 0 saturated heterocycles. The monoisotopic (exact) mass is 257 g/mol. The second kappa shape index (κ2) is 6.84. The molecule has 0 heterocycles. The Hall–Kier alpha value is -0.770. The van der Waals surface area contributed by atoms with Crippen molar-refractivity contribution in [3.63, 3.8) is 0 Å². The Bertz CT molecular complexity index is 353. The van der Waals surface area contributed by atoms with Crippen molar-refractivity contribution in [2.75, 3.05) is 26.7 Å². The number of halogens is 1. The smallest absolute Gasteiger partial charge is 0.124 e. The van der Waals surface area contributed by atoms with E-state index in [-0.39, 0.29) is 0 Å². The summed E-state index contributed by atoms with van der Waals surface area (Å²) >= 11 is 5.94. The van der Waals surface area contributed by atoms with Crippen molar-refractivity contribution < 1.29 is 9.84 Å². The van der Waals surface area contributed by atoms with Crippen LogP contribution in [-0.4, -0.2) is 36.8 Å². The predicted molar refractivity (Wildman–Crippen MR) is 70.8 cm³/mol. The summed E-state index contributed by atoms with van der Waals surface area (Å²) in [6.07, 6.45) is -0.580. The maximum Gasteiger partial charge on any atom is 0.124 e. The summed E-state index contributed by atoms with van der Waals surface area (Å²) in [6, 6.07) is 5.30. The molecular weight excluding hydrogens is 238 g/mol. The molecule has 0 aliphatic carbocycles. The lowest BCUT2D eigenvalue weighted by Gasteiger charge is -2.23. The molecule has 0 amide bonds. The van der Waals surface area contributed by atoms with Gasteiger partial charge in [0.2, 0.25) is 0 Å². The van der Waals surface area contributed by atoms with Crippen LogP contribution in [0.5, 0.6) is 5.75 Å². The van der Waals surface area contributed by atoms with E-state index in [1.54, 1.807) is 25.3 Å². The molecule has 1 N–H and O–H groups in total. The first-order valence-electron chi connectivity index (χ1n) is 5.86. The molecule has 1 rings (SSSR count). The van der Waals surface area contributed by atoms with Crippen LogP contribution in [0.25, 0.3) is 0 Å². The van der Waals surface area contributed by atoms with E-state index < -0.39 is 6.10 Å². The zero-order valence-corrected chi connectivity index (χ0v) is 11.4. The molecule has 1 unspecified atom stereocenters. The number of benzene rings is 1. The fourth-order valence-electron chi connectivity index (χ4n) is 1.79. The van der Waals surface area contributed by atoms with Crippen molar-refractivity contribution in [2.24, 2.45) is 0 Å². The average Bonchev–Trinajstić information content (AvgIpc) is 2.35. The summed E-state index contributed by atoms with van der Waals surface area (Å²) in [5.41, 5.74) is 0.743. The molecule has 0 spiro atoms. The minimum Gasteiger partial charge on any atom is -0.496 e. The lowest BCUT2D eigenvalue weighted by molar-refractivity contribution is 0.116. The van der Waals surface area contributed by atoms with Gasteiger partial charge < -0.3 is 14.7 Å². The van der Waals surface area contributed by atoms with E-state index in [0.717, 1.165) is 18.7 Å². The van der Waals surface area contributed by atoms with Gasteiger partial charge in [-0.3, -0.25) is 0 Å². The van der Waals surface area contributed by atoms with Crippen molar-refractivity contribution in [2.45, 2.75) is 20.0 Å². The SMILES string of the molecule is CCN(CC)CC(O)c1cc(Cl)ccc1OC. The standard InChI is InChI=1S/C13H20ClNO2/c1-4-15(5-2)9-12(16)11-8-10(14)6-7-13(11)17-3/h6-8,12,16H,4-5,9H2,1-3H3. The van der Waals surface area contributed by atoms with Gasteiger partial charge in [0.1, 0.15) is 5.75 Å². The molecule has 4 heteroatoms. The molecule has 0 bridgehead atoms. The number of ether oxygens (including phenoxy) is 1. The van der Waals surface area contributed by atoms with Crippen LogP contribution in [0.3, 0.4) is 0 Å². The van der Waals surface area contributed by atoms with Crippen molar-refractivity contribution in [3.8, 4) is 5.75 Å². The number of methoxy groups -OCH3 is 1. The summed E-state index contributed by atoms with van der Waals surface area (Å²) in [6.45, 7) is 6.56. The van der Waals surface area contributed by atoms with Crippen molar-refractivity contribution in [1.29, 1.82) is 0 Å². The van der Waals surface area contributed by atoms with Gasteiger partial charge in [0.15, 0.2) is 0 Å². The highest BCUT2D eigenvalue weighted by Crippen LogP contribution is 2.28. The number of aliphatic hydroxyl groups excluding tert-OH is 1. The third kappa shape index (κ3) is 3.87. The van der Waals surface area contributed by atoms with Crippen molar-refractivity contribution in [1.82, 2.24) is 4.90 Å². The molecule has 3 nitrogen and oxygen atoms in total. The lowest BCUT2D eigenvalue weighted by atomic mass is 10.1. The molecule has 0 saturated carbocycles. The van der Waals surface area contributed by atoms with Crippen molar-refractivity contribution >= 4 is 11.6 Å². The minimum absolute atomic E-state index is 0.580. The second-order valence-corrected chi connectivity index (χ2v) is 4.32. The van der Waals surface area contributed by atoms with E-state index in [9.17, 15) is 5.11 Å². The highest BCUT2D eigenvalue weighted by atomic mass is 35.5. The predicted octanol–water partition coefficient (Wildman–Crippen LogP) is 2.72. The van der Waals surface area contributed by atoms with E-state index in [0.29, 0.717) is 17.3 Å². The molecule has 1 aromatic rings. The Kier molecular flexibility index (Phi) is 5.75. The molecule has 1 atom stereocenters. The van der Waals surface area contributed by atoms with Gasteiger partial charge in [0.05, 0.1) is 13.2 Å². The molecule has 96 valence electrons. The number of hydrogen-bond acceptors (Lipinski definition) is 3.